The lowest BCUT2D eigenvalue weighted by atomic mass is 10.2. The lowest BCUT2D eigenvalue weighted by molar-refractivity contribution is -0.135. The van der Waals surface area contributed by atoms with Crippen LogP contribution in [0.4, 0.5) is 5.82 Å². The van der Waals surface area contributed by atoms with E-state index in [2.05, 4.69) is 20.1 Å². The summed E-state index contributed by atoms with van der Waals surface area (Å²) in [5.74, 6) is 1.06. The minimum Gasteiger partial charge on any atom is -0.352 e. The Labute approximate surface area is 145 Å². The van der Waals surface area contributed by atoms with E-state index < -0.39 is 0 Å². The van der Waals surface area contributed by atoms with Gasteiger partial charge in [0.15, 0.2) is 5.65 Å². The van der Waals surface area contributed by atoms with Crippen molar-refractivity contribution >= 4 is 17.4 Å². The van der Waals surface area contributed by atoms with Crippen LogP contribution in [0.1, 0.15) is 19.4 Å². The quantitative estimate of drug-likeness (QED) is 0.715. The van der Waals surface area contributed by atoms with Gasteiger partial charge in [0.2, 0.25) is 5.91 Å². The Morgan fingerprint density at radius 1 is 1.16 bits per heavy atom. The molecule has 8 heteroatoms. The van der Waals surface area contributed by atoms with Gasteiger partial charge < -0.3 is 9.80 Å². The molecule has 1 amide bonds. The van der Waals surface area contributed by atoms with Crippen molar-refractivity contribution in [3.05, 3.63) is 43.0 Å². The standard InChI is InChI=1S/C17H21N7O/c1-2-14(23-8-3-6-19-23)17(25)22-12-10-21(11-13-22)16-5-4-15-18-7-9-24(15)20-16/h3-9,14H,2,10-13H2,1H3/t14-/m1/s1. The first-order valence-corrected chi connectivity index (χ1v) is 8.59. The van der Waals surface area contributed by atoms with Crippen LogP contribution >= 0.6 is 0 Å². The van der Waals surface area contributed by atoms with Crippen LogP contribution in [0.3, 0.4) is 0 Å². The average Bonchev–Trinajstić information content (AvgIpc) is 3.33. The molecule has 1 aliphatic heterocycles. The number of hydrogen-bond donors (Lipinski definition) is 0. The number of anilines is 1. The van der Waals surface area contributed by atoms with Crippen molar-refractivity contribution in [2.45, 2.75) is 19.4 Å². The molecule has 130 valence electrons. The Balaban J connectivity index is 1.43. The molecule has 0 bridgehead atoms. The van der Waals surface area contributed by atoms with Crippen LogP contribution in [0.15, 0.2) is 43.0 Å². The van der Waals surface area contributed by atoms with Crippen LogP contribution in [0.25, 0.3) is 5.65 Å². The molecule has 3 aromatic rings. The fourth-order valence-corrected chi connectivity index (χ4v) is 3.28. The van der Waals surface area contributed by atoms with E-state index in [0.29, 0.717) is 13.1 Å². The van der Waals surface area contributed by atoms with Crippen LogP contribution in [0.5, 0.6) is 0 Å². The van der Waals surface area contributed by atoms with E-state index in [1.165, 1.54) is 0 Å². The van der Waals surface area contributed by atoms with Crippen molar-refractivity contribution in [2.75, 3.05) is 31.1 Å². The number of fused-ring (bicyclic) bond motifs is 1. The molecule has 1 fully saturated rings. The summed E-state index contributed by atoms with van der Waals surface area (Å²) in [4.78, 5) is 21.2. The van der Waals surface area contributed by atoms with Crippen molar-refractivity contribution < 1.29 is 4.79 Å². The molecule has 0 unspecified atom stereocenters. The molecule has 0 aliphatic carbocycles. The highest BCUT2D eigenvalue weighted by atomic mass is 16.2. The van der Waals surface area contributed by atoms with Crippen molar-refractivity contribution in [3.63, 3.8) is 0 Å². The summed E-state index contributed by atoms with van der Waals surface area (Å²) in [7, 11) is 0. The van der Waals surface area contributed by atoms with E-state index >= 15 is 0 Å². The Morgan fingerprint density at radius 3 is 2.72 bits per heavy atom. The fourth-order valence-electron chi connectivity index (χ4n) is 3.28. The van der Waals surface area contributed by atoms with Gasteiger partial charge in [0.05, 0.1) is 0 Å². The Hall–Kier alpha value is -2.90. The summed E-state index contributed by atoms with van der Waals surface area (Å²) in [6, 6.07) is 5.58. The largest absolute Gasteiger partial charge is 0.352 e. The molecule has 1 saturated heterocycles. The first-order valence-electron chi connectivity index (χ1n) is 8.59. The second kappa shape index (κ2) is 6.54. The first kappa shape index (κ1) is 15.6. The number of nitrogens with zero attached hydrogens (tertiary/aromatic N) is 7. The Bertz CT molecular complexity index is 849. The third kappa shape index (κ3) is 2.95. The Morgan fingerprint density at radius 2 is 2.00 bits per heavy atom. The van der Waals surface area contributed by atoms with Crippen LogP contribution in [-0.2, 0) is 4.79 Å². The number of hydrogen-bond acceptors (Lipinski definition) is 5. The van der Waals surface area contributed by atoms with Gasteiger partial charge in [-0.25, -0.2) is 9.50 Å². The molecule has 1 aliphatic rings. The molecule has 0 aromatic carbocycles. The summed E-state index contributed by atoms with van der Waals surface area (Å²) in [5.41, 5.74) is 0.836. The summed E-state index contributed by atoms with van der Waals surface area (Å²) >= 11 is 0. The second-order valence-electron chi connectivity index (χ2n) is 6.14. The highest BCUT2D eigenvalue weighted by Gasteiger charge is 2.28. The Kier molecular flexibility index (Phi) is 4.09. The number of carbonyl (C=O) groups is 1. The number of piperazine rings is 1. The zero-order valence-electron chi connectivity index (χ0n) is 14.2. The maximum Gasteiger partial charge on any atom is 0.247 e. The van der Waals surface area contributed by atoms with E-state index in [4.69, 9.17) is 0 Å². The minimum absolute atomic E-state index is 0.142. The van der Waals surface area contributed by atoms with Crippen molar-refractivity contribution in [2.24, 2.45) is 0 Å². The maximum absolute atomic E-state index is 12.8. The summed E-state index contributed by atoms with van der Waals surface area (Å²) in [6.07, 6.45) is 7.88. The average molecular weight is 339 g/mol. The van der Waals surface area contributed by atoms with Gasteiger partial charge in [-0.05, 0) is 24.6 Å². The zero-order chi connectivity index (χ0) is 17.2. The number of amides is 1. The normalized spacial score (nSPS) is 16.4. The number of rotatable bonds is 4. The second-order valence-corrected chi connectivity index (χ2v) is 6.14. The van der Waals surface area contributed by atoms with E-state index in [0.717, 1.165) is 31.0 Å². The molecule has 0 radical (unpaired) electrons. The van der Waals surface area contributed by atoms with Gasteiger partial charge >= 0.3 is 0 Å². The van der Waals surface area contributed by atoms with Crippen LogP contribution in [0, 0.1) is 0 Å². The SMILES string of the molecule is CC[C@H](C(=O)N1CCN(c2ccc3nccn3n2)CC1)n1cccn1. The maximum atomic E-state index is 12.8. The number of imidazole rings is 1. The molecule has 4 heterocycles. The van der Waals surface area contributed by atoms with Gasteiger partial charge in [-0.15, -0.1) is 5.10 Å². The van der Waals surface area contributed by atoms with Crippen LogP contribution in [0.2, 0.25) is 0 Å². The zero-order valence-corrected chi connectivity index (χ0v) is 14.2. The molecule has 0 saturated carbocycles. The van der Waals surface area contributed by atoms with Crippen molar-refractivity contribution in [3.8, 4) is 0 Å². The minimum atomic E-state index is -0.220. The number of carbonyl (C=O) groups excluding carboxylic acids is 1. The van der Waals surface area contributed by atoms with Gasteiger partial charge in [-0.3, -0.25) is 9.48 Å². The molecule has 8 nitrogen and oxygen atoms in total. The molecular formula is C17H21N7O. The third-order valence-corrected chi connectivity index (χ3v) is 4.67. The molecule has 0 spiro atoms. The van der Waals surface area contributed by atoms with Gasteiger partial charge in [0, 0.05) is 51.0 Å². The van der Waals surface area contributed by atoms with Crippen molar-refractivity contribution in [1.82, 2.24) is 29.3 Å². The molecule has 3 aromatic heterocycles. The molecular weight excluding hydrogens is 318 g/mol. The number of aromatic nitrogens is 5. The topological polar surface area (TPSA) is 71.6 Å². The molecule has 1 atom stereocenters. The smallest absolute Gasteiger partial charge is 0.247 e. The van der Waals surface area contributed by atoms with E-state index in [1.807, 2.05) is 42.4 Å². The monoisotopic (exact) mass is 339 g/mol. The highest BCUT2D eigenvalue weighted by molar-refractivity contribution is 5.80. The predicted octanol–water partition coefficient (Wildman–Crippen LogP) is 1.23. The van der Waals surface area contributed by atoms with E-state index in [-0.39, 0.29) is 11.9 Å². The predicted molar refractivity (Wildman–Crippen MR) is 93.3 cm³/mol. The fraction of sp³-hybridized carbons (Fsp3) is 0.412. The van der Waals surface area contributed by atoms with Gasteiger partial charge in [0.1, 0.15) is 11.9 Å². The first-order chi connectivity index (χ1) is 12.3. The van der Waals surface area contributed by atoms with Crippen LogP contribution < -0.4 is 4.90 Å². The van der Waals surface area contributed by atoms with E-state index in [1.54, 1.807) is 21.6 Å². The lowest BCUT2D eigenvalue weighted by Gasteiger charge is -2.36. The lowest BCUT2D eigenvalue weighted by Crippen LogP contribution is -2.51. The molecule has 0 N–H and O–H groups in total. The molecule has 4 rings (SSSR count). The van der Waals surface area contributed by atoms with Gasteiger partial charge in [-0.2, -0.15) is 5.10 Å². The summed E-state index contributed by atoms with van der Waals surface area (Å²) in [5, 5.41) is 8.81. The van der Waals surface area contributed by atoms with Gasteiger partial charge in [-0.1, -0.05) is 6.92 Å². The summed E-state index contributed by atoms with van der Waals surface area (Å²) in [6.45, 7) is 4.95. The third-order valence-electron chi connectivity index (χ3n) is 4.67. The van der Waals surface area contributed by atoms with Crippen LogP contribution in [-0.4, -0.2) is 61.4 Å². The van der Waals surface area contributed by atoms with E-state index in [9.17, 15) is 4.79 Å². The highest BCUT2D eigenvalue weighted by Crippen LogP contribution is 2.18. The molecule has 25 heavy (non-hydrogen) atoms. The van der Waals surface area contributed by atoms with Crippen molar-refractivity contribution in [1.29, 1.82) is 0 Å². The summed E-state index contributed by atoms with van der Waals surface area (Å²) < 4.78 is 3.53. The van der Waals surface area contributed by atoms with Gasteiger partial charge in [0.25, 0.3) is 0 Å².